The lowest BCUT2D eigenvalue weighted by atomic mass is 9.94. The Bertz CT molecular complexity index is 304. The fourth-order valence-electron chi connectivity index (χ4n) is 1.83. The molecule has 0 spiro atoms. The maximum absolute atomic E-state index is 11.1. The molecule has 0 unspecified atom stereocenters. The number of carbonyl (C=O) groups excluding carboxylic acids is 1. The smallest absolute Gasteiger partial charge is 0.134 e. The molecule has 14 heavy (non-hydrogen) atoms. The molecule has 0 aliphatic rings. The Morgan fingerprint density at radius 3 is 2.00 bits per heavy atom. The molecule has 0 saturated carbocycles. The van der Waals surface area contributed by atoms with Gasteiger partial charge in [0.1, 0.15) is 5.78 Å². The molecule has 0 aliphatic carbocycles. The first-order chi connectivity index (χ1) is 6.69. The third-order valence-electron chi connectivity index (χ3n) is 2.56. The van der Waals surface area contributed by atoms with E-state index >= 15 is 0 Å². The van der Waals surface area contributed by atoms with Gasteiger partial charge in [-0.2, -0.15) is 0 Å². The quantitative estimate of drug-likeness (QED) is 0.713. The summed E-state index contributed by atoms with van der Waals surface area (Å²) in [5.41, 5.74) is 3.89. The van der Waals surface area contributed by atoms with Crippen molar-refractivity contribution in [3.63, 3.8) is 0 Å². The fraction of sp³-hybridized carbons (Fsp3) is 0.462. The number of aryl methyl sites for hydroxylation is 2. The highest BCUT2D eigenvalue weighted by Crippen LogP contribution is 2.17. The maximum atomic E-state index is 11.1. The van der Waals surface area contributed by atoms with Gasteiger partial charge in [-0.25, -0.2) is 0 Å². The molecule has 0 fully saturated rings. The lowest BCUT2D eigenvalue weighted by Crippen LogP contribution is -2.04. The molecular formula is C13H18O. The SMILES string of the molecule is CCc1cccc(CC)c1CC(C)=O. The van der Waals surface area contributed by atoms with Crippen LogP contribution in [0.4, 0.5) is 0 Å². The second-order valence-corrected chi connectivity index (χ2v) is 3.64. The van der Waals surface area contributed by atoms with E-state index in [2.05, 4.69) is 32.0 Å². The van der Waals surface area contributed by atoms with Crippen LogP contribution >= 0.6 is 0 Å². The number of hydrogen-bond donors (Lipinski definition) is 0. The van der Waals surface area contributed by atoms with E-state index < -0.39 is 0 Å². The molecule has 0 aliphatic heterocycles. The van der Waals surface area contributed by atoms with Crippen LogP contribution in [0.25, 0.3) is 0 Å². The van der Waals surface area contributed by atoms with Gasteiger partial charge in [0.15, 0.2) is 0 Å². The summed E-state index contributed by atoms with van der Waals surface area (Å²) in [6.07, 6.45) is 2.61. The van der Waals surface area contributed by atoms with E-state index in [-0.39, 0.29) is 5.78 Å². The van der Waals surface area contributed by atoms with Crippen molar-refractivity contribution < 1.29 is 4.79 Å². The predicted molar refractivity (Wildman–Crippen MR) is 59.6 cm³/mol. The highest BCUT2D eigenvalue weighted by Gasteiger charge is 2.07. The van der Waals surface area contributed by atoms with Crippen molar-refractivity contribution in [2.45, 2.75) is 40.0 Å². The van der Waals surface area contributed by atoms with Crippen molar-refractivity contribution in [1.82, 2.24) is 0 Å². The summed E-state index contributed by atoms with van der Waals surface area (Å²) >= 11 is 0. The molecule has 0 saturated heterocycles. The van der Waals surface area contributed by atoms with Crippen LogP contribution in [0.1, 0.15) is 37.5 Å². The van der Waals surface area contributed by atoms with Gasteiger partial charge >= 0.3 is 0 Å². The van der Waals surface area contributed by atoms with E-state index in [0.29, 0.717) is 6.42 Å². The number of carbonyl (C=O) groups is 1. The number of hydrogen-bond acceptors (Lipinski definition) is 1. The normalized spacial score (nSPS) is 10.2. The zero-order valence-corrected chi connectivity index (χ0v) is 9.26. The topological polar surface area (TPSA) is 17.1 Å². The van der Waals surface area contributed by atoms with Crippen LogP contribution in [-0.2, 0) is 24.1 Å². The van der Waals surface area contributed by atoms with E-state index in [0.717, 1.165) is 12.8 Å². The predicted octanol–water partition coefficient (Wildman–Crippen LogP) is 2.94. The molecule has 1 aromatic carbocycles. The van der Waals surface area contributed by atoms with Crippen LogP contribution in [0.15, 0.2) is 18.2 Å². The minimum atomic E-state index is 0.251. The van der Waals surface area contributed by atoms with Gasteiger partial charge in [0.25, 0.3) is 0 Å². The van der Waals surface area contributed by atoms with Crippen molar-refractivity contribution in [3.05, 3.63) is 34.9 Å². The first-order valence-electron chi connectivity index (χ1n) is 5.28. The van der Waals surface area contributed by atoms with Gasteiger partial charge in [0.2, 0.25) is 0 Å². The highest BCUT2D eigenvalue weighted by atomic mass is 16.1. The Labute approximate surface area is 86.1 Å². The van der Waals surface area contributed by atoms with Gasteiger partial charge in [0, 0.05) is 6.42 Å². The molecule has 1 aromatic rings. The fourth-order valence-corrected chi connectivity index (χ4v) is 1.83. The second-order valence-electron chi connectivity index (χ2n) is 3.64. The van der Waals surface area contributed by atoms with E-state index in [1.807, 2.05) is 0 Å². The van der Waals surface area contributed by atoms with Crippen molar-refractivity contribution in [2.75, 3.05) is 0 Å². The summed E-state index contributed by atoms with van der Waals surface area (Å²) in [5, 5.41) is 0. The van der Waals surface area contributed by atoms with Crippen molar-refractivity contribution in [3.8, 4) is 0 Å². The van der Waals surface area contributed by atoms with Gasteiger partial charge in [-0.3, -0.25) is 4.79 Å². The molecule has 1 nitrogen and oxygen atoms in total. The standard InChI is InChI=1S/C13H18O/c1-4-11-7-6-8-12(5-2)13(11)9-10(3)14/h6-8H,4-5,9H2,1-3H3. The van der Waals surface area contributed by atoms with Crippen molar-refractivity contribution in [2.24, 2.45) is 0 Å². The van der Waals surface area contributed by atoms with Crippen LogP contribution in [0.3, 0.4) is 0 Å². The lowest BCUT2D eigenvalue weighted by molar-refractivity contribution is -0.116. The molecule has 1 rings (SSSR count). The summed E-state index contributed by atoms with van der Waals surface area (Å²) in [4.78, 5) is 11.1. The summed E-state index contributed by atoms with van der Waals surface area (Å²) in [6.45, 7) is 5.93. The Kier molecular flexibility index (Phi) is 3.87. The minimum absolute atomic E-state index is 0.251. The number of Topliss-reactive ketones (excluding diaryl/α,β-unsaturated/α-hetero) is 1. The van der Waals surface area contributed by atoms with Gasteiger partial charge < -0.3 is 0 Å². The summed E-state index contributed by atoms with van der Waals surface area (Å²) in [5.74, 6) is 0.251. The average molecular weight is 190 g/mol. The number of benzene rings is 1. The molecule has 1 heteroatoms. The maximum Gasteiger partial charge on any atom is 0.134 e. The zero-order chi connectivity index (χ0) is 10.6. The molecule has 0 atom stereocenters. The molecule has 0 N–H and O–H groups in total. The molecule has 0 bridgehead atoms. The van der Waals surface area contributed by atoms with Crippen molar-refractivity contribution in [1.29, 1.82) is 0 Å². The van der Waals surface area contributed by atoms with Gasteiger partial charge in [0.05, 0.1) is 0 Å². The second kappa shape index (κ2) is 4.94. The summed E-state index contributed by atoms with van der Waals surface area (Å²) in [6, 6.07) is 6.33. The highest BCUT2D eigenvalue weighted by molar-refractivity contribution is 5.79. The van der Waals surface area contributed by atoms with Crippen LogP contribution in [0.5, 0.6) is 0 Å². The zero-order valence-electron chi connectivity index (χ0n) is 9.26. The molecule has 0 heterocycles. The Morgan fingerprint density at radius 2 is 1.64 bits per heavy atom. The van der Waals surface area contributed by atoms with Crippen LogP contribution in [0.2, 0.25) is 0 Å². The van der Waals surface area contributed by atoms with Crippen LogP contribution in [0, 0.1) is 0 Å². The minimum Gasteiger partial charge on any atom is -0.300 e. The summed E-state index contributed by atoms with van der Waals surface area (Å²) < 4.78 is 0. The molecular weight excluding hydrogens is 172 g/mol. The Hall–Kier alpha value is -1.11. The van der Waals surface area contributed by atoms with Gasteiger partial charge in [-0.15, -0.1) is 0 Å². The van der Waals surface area contributed by atoms with Crippen LogP contribution in [-0.4, -0.2) is 5.78 Å². The van der Waals surface area contributed by atoms with Gasteiger partial charge in [-0.1, -0.05) is 32.0 Å². The molecule has 76 valence electrons. The summed E-state index contributed by atoms with van der Waals surface area (Å²) in [7, 11) is 0. The monoisotopic (exact) mass is 190 g/mol. The largest absolute Gasteiger partial charge is 0.300 e. The van der Waals surface area contributed by atoms with Crippen molar-refractivity contribution >= 4 is 5.78 Å². The Balaban J connectivity index is 3.12. The lowest BCUT2D eigenvalue weighted by Gasteiger charge is -2.11. The third kappa shape index (κ3) is 2.44. The number of rotatable bonds is 4. The average Bonchev–Trinajstić information content (AvgIpc) is 2.17. The first-order valence-corrected chi connectivity index (χ1v) is 5.28. The van der Waals surface area contributed by atoms with Gasteiger partial charge in [-0.05, 0) is 36.5 Å². The first kappa shape index (κ1) is 11.0. The third-order valence-corrected chi connectivity index (χ3v) is 2.56. The van der Waals surface area contributed by atoms with E-state index in [1.165, 1.54) is 16.7 Å². The van der Waals surface area contributed by atoms with E-state index in [1.54, 1.807) is 6.92 Å². The van der Waals surface area contributed by atoms with Crippen LogP contribution < -0.4 is 0 Å². The van der Waals surface area contributed by atoms with E-state index in [9.17, 15) is 4.79 Å². The molecule has 0 amide bonds. The molecule has 0 aromatic heterocycles. The number of ketones is 1. The van der Waals surface area contributed by atoms with E-state index in [4.69, 9.17) is 0 Å². The Morgan fingerprint density at radius 1 is 1.14 bits per heavy atom. The molecule has 0 radical (unpaired) electrons.